The molecule has 1 atom stereocenters. The average molecular weight is 337 g/mol. The minimum absolute atomic E-state index is 0.401. The molecule has 25 heavy (non-hydrogen) atoms. The zero-order valence-corrected chi connectivity index (χ0v) is 15.6. The molecule has 1 aliphatic carbocycles. The molecule has 0 radical (unpaired) electrons. The van der Waals surface area contributed by atoms with E-state index in [0.717, 1.165) is 24.9 Å². The normalized spacial score (nSPS) is 16.4. The fraction of sp³-hybridized carbons (Fsp3) is 0.409. The van der Waals surface area contributed by atoms with Crippen LogP contribution in [-0.2, 0) is 24.0 Å². The molecule has 0 fully saturated rings. The molecule has 2 aromatic carbocycles. The second-order valence-electron chi connectivity index (χ2n) is 8.07. The highest BCUT2D eigenvalue weighted by atomic mass is 16.6. The van der Waals surface area contributed by atoms with Gasteiger partial charge in [0.25, 0.3) is 0 Å². The molecular formula is C22H27NO2. The molecule has 3 nitrogen and oxygen atoms in total. The molecule has 1 aliphatic rings. The van der Waals surface area contributed by atoms with E-state index in [-0.39, 0.29) is 0 Å². The number of carbonyl (C=O) groups excluding carboxylic acids is 1. The summed E-state index contributed by atoms with van der Waals surface area (Å²) in [5.41, 5.74) is 5.76. The minimum atomic E-state index is -0.486. The van der Waals surface area contributed by atoms with Gasteiger partial charge in [-0.15, -0.1) is 0 Å². The van der Waals surface area contributed by atoms with Crippen LogP contribution >= 0.6 is 0 Å². The Hall–Kier alpha value is -2.29. The first-order valence-electron chi connectivity index (χ1n) is 8.96. The molecule has 3 heteroatoms. The molecule has 132 valence electrons. The summed E-state index contributed by atoms with van der Waals surface area (Å²) in [5.74, 6) is 0.634. The van der Waals surface area contributed by atoms with E-state index in [1.165, 1.54) is 22.3 Å². The summed E-state index contributed by atoms with van der Waals surface area (Å²) in [7, 11) is 0. The fourth-order valence-corrected chi connectivity index (χ4v) is 3.41. The standard InChI is InChI=1S/C22H27NO2/c1-15-5-7-16(8-6-15)11-17-12-18-9-10-20(14-19(18)13-17)23-21(24)25-22(2,3)4/h5-10,14,17H,11-13H2,1-4H3,(H,23,24). The Kier molecular flexibility index (Phi) is 4.85. The van der Waals surface area contributed by atoms with E-state index in [4.69, 9.17) is 4.74 Å². The number of amides is 1. The van der Waals surface area contributed by atoms with Crippen molar-refractivity contribution in [3.05, 3.63) is 64.7 Å². The van der Waals surface area contributed by atoms with Gasteiger partial charge in [-0.2, -0.15) is 0 Å². The second-order valence-corrected chi connectivity index (χ2v) is 8.07. The van der Waals surface area contributed by atoms with Crippen molar-refractivity contribution in [2.24, 2.45) is 5.92 Å². The maximum atomic E-state index is 11.9. The van der Waals surface area contributed by atoms with Crippen molar-refractivity contribution in [1.82, 2.24) is 0 Å². The van der Waals surface area contributed by atoms with Gasteiger partial charge in [-0.3, -0.25) is 5.32 Å². The molecule has 0 aromatic heterocycles. The predicted molar refractivity (Wildman–Crippen MR) is 102 cm³/mol. The SMILES string of the molecule is Cc1ccc(CC2Cc3ccc(NC(=O)OC(C)(C)C)cc3C2)cc1. The lowest BCUT2D eigenvalue weighted by atomic mass is 9.96. The van der Waals surface area contributed by atoms with Gasteiger partial charge < -0.3 is 4.74 Å². The molecule has 1 unspecified atom stereocenters. The Labute approximate surface area is 150 Å². The summed E-state index contributed by atoms with van der Waals surface area (Å²) in [6, 6.07) is 15.0. The minimum Gasteiger partial charge on any atom is -0.444 e. The summed E-state index contributed by atoms with van der Waals surface area (Å²) >= 11 is 0. The van der Waals surface area contributed by atoms with E-state index < -0.39 is 11.7 Å². The molecular weight excluding hydrogens is 310 g/mol. The van der Waals surface area contributed by atoms with E-state index in [0.29, 0.717) is 5.92 Å². The van der Waals surface area contributed by atoms with Gasteiger partial charge in [0.1, 0.15) is 5.60 Å². The quantitative estimate of drug-likeness (QED) is 0.825. The number of ether oxygens (including phenoxy) is 1. The number of anilines is 1. The van der Waals surface area contributed by atoms with E-state index in [9.17, 15) is 4.79 Å². The topological polar surface area (TPSA) is 38.3 Å². The molecule has 0 bridgehead atoms. The third-order valence-corrected chi connectivity index (χ3v) is 4.51. The molecule has 0 spiro atoms. The van der Waals surface area contributed by atoms with Gasteiger partial charge in [0.15, 0.2) is 0 Å². The van der Waals surface area contributed by atoms with Crippen LogP contribution in [0.3, 0.4) is 0 Å². The number of nitrogens with one attached hydrogen (secondary N) is 1. The van der Waals surface area contributed by atoms with Gasteiger partial charge in [0, 0.05) is 5.69 Å². The number of rotatable bonds is 3. The van der Waals surface area contributed by atoms with Crippen LogP contribution in [0.25, 0.3) is 0 Å². The first-order chi connectivity index (χ1) is 11.8. The van der Waals surface area contributed by atoms with Crippen LogP contribution in [-0.4, -0.2) is 11.7 Å². The molecule has 0 saturated heterocycles. The van der Waals surface area contributed by atoms with Crippen LogP contribution in [0.15, 0.2) is 42.5 Å². The molecule has 0 aliphatic heterocycles. The first-order valence-corrected chi connectivity index (χ1v) is 8.96. The number of carbonyl (C=O) groups is 1. The van der Waals surface area contributed by atoms with Gasteiger partial charge >= 0.3 is 6.09 Å². The Balaban J connectivity index is 1.62. The van der Waals surface area contributed by atoms with Gasteiger partial charge in [-0.1, -0.05) is 35.9 Å². The Morgan fingerprint density at radius 2 is 1.76 bits per heavy atom. The van der Waals surface area contributed by atoms with Crippen molar-refractivity contribution in [3.8, 4) is 0 Å². The van der Waals surface area contributed by atoms with Crippen LogP contribution in [0.5, 0.6) is 0 Å². The summed E-state index contributed by atoms with van der Waals surface area (Å²) in [6.07, 6.45) is 2.87. The highest BCUT2D eigenvalue weighted by molar-refractivity contribution is 5.85. The average Bonchev–Trinajstić information content (AvgIpc) is 2.89. The largest absolute Gasteiger partial charge is 0.444 e. The number of fused-ring (bicyclic) bond motifs is 1. The predicted octanol–water partition coefficient (Wildman–Crippen LogP) is 5.30. The molecule has 0 heterocycles. The Morgan fingerprint density at radius 1 is 1.08 bits per heavy atom. The summed E-state index contributed by atoms with van der Waals surface area (Å²) < 4.78 is 5.32. The number of hydrogen-bond acceptors (Lipinski definition) is 2. The van der Waals surface area contributed by atoms with E-state index in [1.807, 2.05) is 26.8 Å². The lowest BCUT2D eigenvalue weighted by molar-refractivity contribution is 0.0636. The molecule has 0 saturated carbocycles. The van der Waals surface area contributed by atoms with Crippen molar-refractivity contribution in [1.29, 1.82) is 0 Å². The number of benzene rings is 2. The van der Waals surface area contributed by atoms with Crippen LogP contribution in [0, 0.1) is 12.8 Å². The zero-order valence-electron chi connectivity index (χ0n) is 15.6. The van der Waals surface area contributed by atoms with Crippen molar-refractivity contribution >= 4 is 11.8 Å². The van der Waals surface area contributed by atoms with E-state index >= 15 is 0 Å². The van der Waals surface area contributed by atoms with Crippen molar-refractivity contribution in [2.45, 2.75) is 52.6 Å². The number of hydrogen-bond donors (Lipinski definition) is 1. The van der Waals surface area contributed by atoms with Gasteiger partial charge in [-0.25, -0.2) is 4.79 Å². The lowest BCUT2D eigenvalue weighted by Gasteiger charge is -2.19. The summed E-state index contributed by atoms with van der Waals surface area (Å²) in [4.78, 5) is 11.9. The fourth-order valence-electron chi connectivity index (χ4n) is 3.41. The smallest absolute Gasteiger partial charge is 0.412 e. The maximum absolute atomic E-state index is 11.9. The molecule has 1 N–H and O–H groups in total. The second kappa shape index (κ2) is 6.91. The van der Waals surface area contributed by atoms with Crippen molar-refractivity contribution in [2.75, 3.05) is 5.32 Å². The summed E-state index contributed by atoms with van der Waals surface area (Å²) in [5, 5.41) is 2.84. The highest BCUT2D eigenvalue weighted by Gasteiger charge is 2.23. The highest BCUT2D eigenvalue weighted by Crippen LogP contribution is 2.31. The van der Waals surface area contributed by atoms with Crippen LogP contribution in [0.4, 0.5) is 10.5 Å². The molecule has 3 rings (SSSR count). The van der Waals surface area contributed by atoms with E-state index in [2.05, 4.69) is 48.6 Å². The maximum Gasteiger partial charge on any atom is 0.412 e. The van der Waals surface area contributed by atoms with Gasteiger partial charge in [0.2, 0.25) is 0 Å². The van der Waals surface area contributed by atoms with Crippen LogP contribution in [0.1, 0.15) is 43.0 Å². The Bertz CT molecular complexity index is 757. The monoisotopic (exact) mass is 337 g/mol. The third kappa shape index (κ3) is 4.85. The third-order valence-electron chi connectivity index (χ3n) is 4.51. The Morgan fingerprint density at radius 3 is 2.44 bits per heavy atom. The van der Waals surface area contributed by atoms with Crippen molar-refractivity contribution < 1.29 is 9.53 Å². The van der Waals surface area contributed by atoms with Crippen LogP contribution in [0.2, 0.25) is 0 Å². The zero-order chi connectivity index (χ0) is 18.0. The molecule has 2 aromatic rings. The van der Waals surface area contributed by atoms with Gasteiger partial charge in [0.05, 0.1) is 0 Å². The lowest BCUT2D eigenvalue weighted by Crippen LogP contribution is -2.27. The van der Waals surface area contributed by atoms with Crippen LogP contribution < -0.4 is 5.32 Å². The van der Waals surface area contributed by atoms with E-state index in [1.54, 1.807) is 0 Å². The number of aryl methyl sites for hydroxylation is 1. The summed E-state index contributed by atoms with van der Waals surface area (Å²) in [6.45, 7) is 7.72. The van der Waals surface area contributed by atoms with Gasteiger partial charge in [-0.05, 0) is 81.7 Å². The first kappa shape index (κ1) is 17.5. The van der Waals surface area contributed by atoms with Crippen molar-refractivity contribution in [3.63, 3.8) is 0 Å². The molecule has 1 amide bonds.